The van der Waals surface area contributed by atoms with E-state index in [2.05, 4.69) is 10.3 Å². The van der Waals surface area contributed by atoms with Crippen molar-refractivity contribution in [1.29, 1.82) is 0 Å². The molecule has 0 radical (unpaired) electrons. The molecule has 4 rings (SSSR count). The lowest BCUT2D eigenvalue weighted by atomic mass is 9.65. The Morgan fingerprint density at radius 2 is 1.91 bits per heavy atom. The van der Waals surface area contributed by atoms with Gasteiger partial charge in [0.2, 0.25) is 5.91 Å². The lowest BCUT2D eigenvalue weighted by Gasteiger charge is -2.43. The first-order valence-corrected chi connectivity index (χ1v) is 8.34. The summed E-state index contributed by atoms with van der Waals surface area (Å²) in [5.41, 5.74) is 8.29. The molecule has 0 aliphatic heterocycles. The Kier molecular flexibility index (Phi) is 4.64. The number of halogens is 1. The average molecular weight is 334 g/mol. The van der Waals surface area contributed by atoms with Crippen LogP contribution < -0.4 is 11.1 Å². The third-order valence-corrected chi connectivity index (χ3v) is 5.60. The fraction of sp³-hybridized carbons (Fsp3) is 0.500. The molecule has 2 aliphatic carbocycles. The van der Waals surface area contributed by atoms with Gasteiger partial charge < -0.3 is 16.0 Å². The van der Waals surface area contributed by atoms with E-state index in [-0.39, 0.29) is 24.2 Å². The summed E-state index contributed by atoms with van der Waals surface area (Å²) in [6.07, 6.45) is 7.49. The predicted molar refractivity (Wildman–Crippen MR) is 95.7 cm³/mol. The number of anilines is 1. The average Bonchev–Trinajstić information content (AvgIpc) is 2.94. The summed E-state index contributed by atoms with van der Waals surface area (Å²) < 4.78 is 0. The van der Waals surface area contributed by atoms with Crippen molar-refractivity contribution in [3.8, 4) is 0 Å². The number of rotatable bonds is 2. The van der Waals surface area contributed by atoms with Crippen LogP contribution in [0.15, 0.2) is 30.5 Å². The van der Waals surface area contributed by atoms with Crippen molar-refractivity contribution in [2.75, 3.05) is 5.32 Å². The monoisotopic (exact) mass is 333 g/mol. The maximum atomic E-state index is 12.6. The van der Waals surface area contributed by atoms with Gasteiger partial charge >= 0.3 is 0 Å². The highest BCUT2D eigenvalue weighted by molar-refractivity contribution is 5.95. The van der Waals surface area contributed by atoms with E-state index >= 15 is 0 Å². The second-order valence-corrected chi connectivity index (χ2v) is 6.97. The van der Waals surface area contributed by atoms with Crippen molar-refractivity contribution < 1.29 is 4.79 Å². The second-order valence-electron chi connectivity index (χ2n) is 6.97. The predicted octanol–water partition coefficient (Wildman–Crippen LogP) is 3.68. The zero-order chi connectivity index (χ0) is 15.1. The summed E-state index contributed by atoms with van der Waals surface area (Å²) in [5, 5.41) is 4.23. The van der Waals surface area contributed by atoms with Crippen molar-refractivity contribution in [2.24, 2.45) is 23.5 Å². The maximum absolute atomic E-state index is 12.6. The van der Waals surface area contributed by atoms with Crippen LogP contribution in [0.3, 0.4) is 0 Å². The maximum Gasteiger partial charge on any atom is 0.227 e. The fourth-order valence-electron chi connectivity index (χ4n) is 4.38. The molecule has 0 saturated heterocycles. The number of hydrogen-bond acceptors (Lipinski definition) is 2. The molecule has 23 heavy (non-hydrogen) atoms. The van der Waals surface area contributed by atoms with Crippen LogP contribution in [0.25, 0.3) is 10.9 Å². The second kappa shape index (κ2) is 6.54. The molecular weight excluding hydrogens is 310 g/mol. The van der Waals surface area contributed by atoms with E-state index in [0.29, 0.717) is 17.9 Å². The molecule has 2 fully saturated rings. The van der Waals surface area contributed by atoms with Crippen LogP contribution >= 0.6 is 12.4 Å². The van der Waals surface area contributed by atoms with Crippen molar-refractivity contribution in [3.63, 3.8) is 0 Å². The molecule has 4 nitrogen and oxygen atoms in total. The molecule has 2 unspecified atom stereocenters. The zero-order valence-corrected chi connectivity index (χ0v) is 13.9. The van der Waals surface area contributed by atoms with Crippen molar-refractivity contribution in [2.45, 2.75) is 38.1 Å². The molecule has 4 N–H and O–H groups in total. The van der Waals surface area contributed by atoms with E-state index in [0.717, 1.165) is 29.4 Å². The van der Waals surface area contributed by atoms with Crippen molar-refractivity contribution in [3.05, 3.63) is 30.5 Å². The van der Waals surface area contributed by atoms with Crippen LogP contribution in [-0.4, -0.2) is 16.9 Å². The van der Waals surface area contributed by atoms with Crippen LogP contribution in [0.2, 0.25) is 0 Å². The van der Waals surface area contributed by atoms with Gasteiger partial charge in [0.1, 0.15) is 0 Å². The number of nitrogens with one attached hydrogen (secondary N) is 2. The third-order valence-electron chi connectivity index (χ3n) is 5.60. The minimum Gasteiger partial charge on any atom is -0.361 e. The smallest absolute Gasteiger partial charge is 0.227 e. The van der Waals surface area contributed by atoms with Gasteiger partial charge in [-0.2, -0.15) is 0 Å². The van der Waals surface area contributed by atoms with Gasteiger partial charge in [0.05, 0.1) is 0 Å². The molecule has 2 aliphatic rings. The van der Waals surface area contributed by atoms with Crippen LogP contribution in [-0.2, 0) is 4.79 Å². The number of nitrogens with two attached hydrogens (primary N) is 1. The van der Waals surface area contributed by atoms with E-state index in [1.807, 2.05) is 30.5 Å². The Bertz CT molecular complexity index is 684. The lowest BCUT2D eigenvalue weighted by Crippen LogP contribution is -2.48. The van der Waals surface area contributed by atoms with Gasteiger partial charge in [-0.05, 0) is 61.8 Å². The van der Waals surface area contributed by atoms with E-state index in [9.17, 15) is 4.79 Å². The van der Waals surface area contributed by atoms with E-state index < -0.39 is 0 Å². The third kappa shape index (κ3) is 3.10. The highest BCUT2D eigenvalue weighted by Crippen LogP contribution is 2.42. The number of carbonyl (C=O) groups excluding carboxylic acids is 1. The SMILES string of the molecule is Cl.NC1C2CCCC1CC(C(=O)Nc1ccc3[nH]ccc3c1)C2. The minimum atomic E-state index is 0. The van der Waals surface area contributed by atoms with Gasteiger partial charge in [0.25, 0.3) is 0 Å². The molecule has 1 heterocycles. The number of aromatic amines is 1. The summed E-state index contributed by atoms with van der Waals surface area (Å²) in [4.78, 5) is 15.8. The van der Waals surface area contributed by atoms with Gasteiger partial charge in [-0.25, -0.2) is 0 Å². The first kappa shape index (κ1) is 16.3. The molecule has 2 atom stereocenters. The first-order valence-electron chi connectivity index (χ1n) is 8.34. The van der Waals surface area contributed by atoms with Gasteiger partial charge in [-0.1, -0.05) is 6.42 Å². The van der Waals surface area contributed by atoms with E-state index in [1.165, 1.54) is 19.3 Å². The molecule has 2 aromatic rings. The molecular formula is C18H24ClN3O. The summed E-state index contributed by atoms with van der Waals surface area (Å²) >= 11 is 0. The van der Waals surface area contributed by atoms with Crippen molar-refractivity contribution >= 4 is 34.9 Å². The normalized spacial score (nSPS) is 29.8. The number of benzene rings is 1. The first-order chi connectivity index (χ1) is 10.7. The van der Waals surface area contributed by atoms with Crippen LogP contribution in [0.1, 0.15) is 32.1 Å². The molecule has 1 amide bonds. The van der Waals surface area contributed by atoms with Crippen LogP contribution in [0.4, 0.5) is 5.69 Å². The zero-order valence-electron chi connectivity index (χ0n) is 13.1. The highest BCUT2D eigenvalue weighted by Gasteiger charge is 2.40. The number of amides is 1. The minimum absolute atomic E-state index is 0. The van der Waals surface area contributed by atoms with Gasteiger partial charge in [0, 0.05) is 34.7 Å². The summed E-state index contributed by atoms with van der Waals surface area (Å²) in [7, 11) is 0. The Balaban J connectivity index is 0.00000156. The molecule has 124 valence electrons. The number of fused-ring (bicyclic) bond motifs is 3. The Morgan fingerprint density at radius 3 is 2.65 bits per heavy atom. The molecule has 5 heteroatoms. The molecule has 1 aromatic carbocycles. The molecule has 2 saturated carbocycles. The van der Waals surface area contributed by atoms with E-state index in [4.69, 9.17) is 5.73 Å². The molecule has 1 aromatic heterocycles. The Morgan fingerprint density at radius 1 is 1.17 bits per heavy atom. The topological polar surface area (TPSA) is 70.9 Å². The van der Waals surface area contributed by atoms with E-state index in [1.54, 1.807) is 0 Å². The highest BCUT2D eigenvalue weighted by atomic mass is 35.5. The molecule has 0 spiro atoms. The molecule has 2 bridgehead atoms. The summed E-state index contributed by atoms with van der Waals surface area (Å²) in [6.45, 7) is 0. The fourth-order valence-corrected chi connectivity index (χ4v) is 4.38. The number of carbonyl (C=O) groups is 1. The Hall–Kier alpha value is -1.52. The van der Waals surface area contributed by atoms with Gasteiger partial charge in [-0.15, -0.1) is 12.4 Å². The number of hydrogen-bond donors (Lipinski definition) is 3. The summed E-state index contributed by atoms with van der Waals surface area (Å²) in [5.74, 6) is 1.36. The van der Waals surface area contributed by atoms with Crippen LogP contribution in [0.5, 0.6) is 0 Å². The lowest BCUT2D eigenvalue weighted by molar-refractivity contribution is -0.122. The summed E-state index contributed by atoms with van der Waals surface area (Å²) in [6, 6.07) is 8.34. The van der Waals surface area contributed by atoms with Gasteiger partial charge in [-0.3, -0.25) is 4.79 Å². The quantitative estimate of drug-likeness (QED) is 0.784. The van der Waals surface area contributed by atoms with Crippen LogP contribution in [0, 0.1) is 17.8 Å². The largest absolute Gasteiger partial charge is 0.361 e. The Labute approximate surface area is 142 Å². The number of H-pyrrole nitrogens is 1. The number of aromatic nitrogens is 1. The van der Waals surface area contributed by atoms with Gasteiger partial charge in [0.15, 0.2) is 0 Å². The van der Waals surface area contributed by atoms with Crippen molar-refractivity contribution in [1.82, 2.24) is 4.98 Å². The standard InChI is InChI=1S/C18H23N3O.ClH/c19-17-12-2-1-3-13(17)9-14(8-12)18(22)21-15-4-5-16-11(10-15)6-7-20-16;/h4-7,10,12-14,17,20H,1-3,8-9,19H2,(H,21,22);1H.